The lowest BCUT2D eigenvalue weighted by atomic mass is 10.2. The third-order valence-electron chi connectivity index (χ3n) is 4.01. The smallest absolute Gasteiger partial charge is 0.261 e. The van der Waals surface area contributed by atoms with Gasteiger partial charge in [-0.25, -0.2) is 0 Å². The van der Waals surface area contributed by atoms with Crippen LogP contribution in [0.4, 0.5) is 10.7 Å². The van der Waals surface area contributed by atoms with Gasteiger partial charge in [0.1, 0.15) is 0 Å². The van der Waals surface area contributed by atoms with Gasteiger partial charge in [-0.15, -0.1) is 34.4 Å². The molecule has 1 atom stereocenters. The third kappa shape index (κ3) is 3.61. The average molecular weight is 387 g/mol. The fraction of sp³-hybridized carbons (Fsp3) is 0.211. The lowest BCUT2D eigenvalue weighted by Gasteiger charge is -2.33. The van der Waals surface area contributed by atoms with E-state index < -0.39 is 0 Å². The number of amides is 1. The number of benzene rings is 1. The summed E-state index contributed by atoms with van der Waals surface area (Å²) in [6, 6.07) is 16.5. The van der Waals surface area contributed by atoms with Crippen molar-refractivity contribution in [3.8, 4) is 0 Å². The van der Waals surface area contributed by atoms with Crippen LogP contribution in [0.5, 0.6) is 0 Å². The minimum atomic E-state index is -0.00244. The van der Waals surface area contributed by atoms with E-state index >= 15 is 0 Å². The zero-order chi connectivity index (χ0) is 17.2. The zero-order valence-corrected chi connectivity index (χ0v) is 16.2. The maximum atomic E-state index is 12.4. The number of anilines is 2. The molecule has 2 aromatic heterocycles. The molecule has 25 heavy (non-hydrogen) atoms. The first-order valence-corrected chi connectivity index (χ1v) is 10.7. The average Bonchev–Trinajstić information content (AvgIpc) is 3.30. The summed E-state index contributed by atoms with van der Waals surface area (Å²) >= 11 is 5.13. The Hall–Kier alpha value is -1.76. The van der Waals surface area contributed by atoms with E-state index in [-0.39, 0.29) is 5.91 Å². The molecule has 1 aliphatic heterocycles. The first kappa shape index (κ1) is 16.7. The highest BCUT2D eigenvalue weighted by Crippen LogP contribution is 2.43. The second-order valence-electron chi connectivity index (χ2n) is 5.91. The molecule has 0 aliphatic carbocycles. The Kier molecular flexibility index (Phi) is 4.83. The lowest BCUT2D eigenvalue weighted by molar-refractivity contribution is 0.0955. The first-order valence-electron chi connectivity index (χ1n) is 8.14. The fourth-order valence-corrected chi connectivity index (χ4v) is 5.56. The van der Waals surface area contributed by atoms with Gasteiger partial charge in [-0.05, 0) is 35.7 Å². The number of hydrogen-bond acceptors (Lipinski definition) is 5. The Balaban J connectivity index is 1.52. The number of carbonyl (C=O) groups excluding carboxylic acids is 1. The van der Waals surface area contributed by atoms with Crippen molar-refractivity contribution in [2.45, 2.75) is 23.6 Å². The number of fused-ring (bicyclic) bond motifs is 1. The summed E-state index contributed by atoms with van der Waals surface area (Å²) in [5.74, 6) is -0.00244. The van der Waals surface area contributed by atoms with Crippen LogP contribution in [-0.4, -0.2) is 17.7 Å². The highest BCUT2D eigenvalue weighted by molar-refractivity contribution is 8.00. The van der Waals surface area contributed by atoms with E-state index in [4.69, 9.17) is 0 Å². The van der Waals surface area contributed by atoms with Crippen LogP contribution in [0.1, 0.15) is 21.5 Å². The van der Waals surface area contributed by atoms with Crippen LogP contribution in [0.3, 0.4) is 0 Å². The van der Waals surface area contributed by atoms with Crippen molar-refractivity contribution >= 4 is 51.0 Å². The second-order valence-corrected chi connectivity index (χ2v) is 9.48. The van der Waals surface area contributed by atoms with Gasteiger partial charge in [0.05, 0.1) is 22.1 Å². The van der Waals surface area contributed by atoms with Gasteiger partial charge in [-0.3, -0.25) is 4.79 Å². The van der Waals surface area contributed by atoms with Gasteiger partial charge in [-0.1, -0.05) is 25.1 Å². The molecule has 3 nitrogen and oxygen atoms in total. The molecule has 0 radical (unpaired) electrons. The predicted molar refractivity (Wildman–Crippen MR) is 109 cm³/mol. The monoisotopic (exact) mass is 386 g/mol. The van der Waals surface area contributed by atoms with Crippen LogP contribution in [0.25, 0.3) is 0 Å². The molecule has 3 heterocycles. The van der Waals surface area contributed by atoms with E-state index in [0.29, 0.717) is 11.8 Å². The van der Waals surface area contributed by atoms with Crippen LogP contribution < -0.4 is 10.2 Å². The molecule has 0 saturated heterocycles. The molecule has 1 amide bonds. The van der Waals surface area contributed by atoms with Crippen molar-refractivity contribution in [3.63, 3.8) is 0 Å². The molecule has 3 aromatic rings. The van der Waals surface area contributed by atoms with Gasteiger partial charge in [0.25, 0.3) is 5.91 Å². The molecule has 4 rings (SSSR count). The topological polar surface area (TPSA) is 32.3 Å². The van der Waals surface area contributed by atoms with E-state index in [0.717, 1.165) is 16.4 Å². The number of carbonyl (C=O) groups is 1. The van der Waals surface area contributed by atoms with Crippen LogP contribution in [0.2, 0.25) is 0 Å². The number of thioether (sulfide) groups is 1. The molecule has 0 bridgehead atoms. The van der Waals surface area contributed by atoms with Crippen LogP contribution in [0.15, 0.2) is 58.8 Å². The Morgan fingerprint density at radius 1 is 1.20 bits per heavy atom. The number of nitrogens with zero attached hydrogens (tertiary/aromatic N) is 1. The van der Waals surface area contributed by atoms with E-state index in [2.05, 4.69) is 47.5 Å². The number of thiophene rings is 2. The quantitative estimate of drug-likeness (QED) is 0.654. The molecule has 1 aliphatic rings. The normalized spacial score (nSPS) is 16.5. The zero-order valence-electron chi connectivity index (χ0n) is 13.8. The Morgan fingerprint density at radius 3 is 2.92 bits per heavy atom. The van der Waals surface area contributed by atoms with Crippen molar-refractivity contribution in [2.75, 3.05) is 11.4 Å². The summed E-state index contributed by atoms with van der Waals surface area (Å²) in [5.41, 5.74) is 1.23. The van der Waals surface area contributed by atoms with Crippen LogP contribution in [-0.2, 0) is 6.54 Å². The largest absolute Gasteiger partial charge is 0.346 e. The molecule has 0 spiro atoms. The summed E-state index contributed by atoms with van der Waals surface area (Å²) in [6.07, 6.45) is 0. The molecule has 6 heteroatoms. The van der Waals surface area contributed by atoms with Crippen molar-refractivity contribution in [1.82, 2.24) is 5.32 Å². The molecule has 1 N–H and O–H groups in total. The lowest BCUT2D eigenvalue weighted by Crippen LogP contribution is -2.28. The summed E-state index contributed by atoms with van der Waals surface area (Å²) in [5, 5.41) is 6.68. The maximum absolute atomic E-state index is 12.4. The molecule has 128 valence electrons. The van der Waals surface area contributed by atoms with E-state index in [1.54, 1.807) is 22.7 Å². The molecule has 1 aromatic carbocycles. The van der Waals surface area contributed by atoms with Gasteiger partial charge in [-0.2, -0.15) is 0 Å². The Morgan fingerprint density at radius 2 is 2.08 bits per heavy atom. The van der Waals surface area contributed by atoms with E-state index in [1.165, 1.54) is 15.5 Å². The number of rotatable bonds is 4. The number of nitrogens with one attached hydrogen (secondary N) is 1. The molecule has 0 fully saturated rings. The van der Waals surface area contributed by atoms with Gasteiger partial charge >= 0.3 is 0 Å². The van der Waals surface area contributed by atoms with E-state index in [1.807, 2.05) is 35.3 Å². The van der Waals surface area contributed by atoms with Crippen molar-refractivity contribution in [1.29, 1.82) is 0 Å². The van der Waals surface area contributed by atoms with Gasteiger partial charge in [0.15, 0.2) is 0 Å². The summed E-state index contributed by atoms with van der Waals surface area (Å²) in [7, 11) is 0. The summed E-state index contributed by atoms with van der Waals surface area (Å²) in [4.78, 5) is 18.0. The van der Waals surface area contributed by atoms with Crippen molar-refractivity contribution in [3.05, 3.63) is 63.7 Å². The Bertz CT molecular complexity index is 872. The number of hydrogen-bond donors (Lipinski definition) is 1. The molecule has 0 saturated carbocycles. The van der Waals surface area contributed by atoms with Gasteiger partial charge < -0.3 is 10.2 Å². The highest BCUT2D eigenvalue weighted by atomic mass is 32.2. The molecular formula is C19H18N2OS3. The van der Waals surface area contributed by atoms with Gasteiger partial charge in [0, 0.05) is 21.6 Å². The minimum Gasteiger partial charge on any atom is -0.346 e. The number of para-hydroxylation sites is 1. The Labute approximate surface area is 159 Å². The van der Waals surface area contributed by atoms with Crippen LogP contribution in [0, 0.1) is 0 Å². The molecule has 1 unspecified atom stereocenters. The molecular weight excluding hydrogens is 368 g/mol. The highest BCUT2D eigenvalue weighted by Gasteiger charge is 2.24. The van der Waals surface area contributed by atoms with Crippen molar-refractivity contribution < 1.29 is 4.79 Å². The second kappa shape index (κ2) is 7.23. The maximum Gasteiger partial charge on any atom is 0.261 e. The van der Waals surface area contributed by atoms with Crippen molar-refractivity contribution in [2.24, 2.45) is 0 Å². The fourth-order valence-electron chi connectivity index (χ4n) is 2.86. The van der Waals surface area contributed by atoms with Gasteiger partial charge in [0.2, 0.25) is 0 Å². The van der Waals surface area contributed by atoms with Crippen LogP contribution >= 0.6 is 34.4 Å². The predicted octanol–water partition coefficient (Wildman–Crippen LogP) is 5.37. The SMILES string of the molecule is CC1CN(c2ccc(C(=O)NCc3cccs3)s2)c2ccccc2S1. The third-order valence-corrected chi connectivity index (χ3v) is 7.14. The summed E-state index contributed by atoms with van der Waals surface area (Å²) < 4.78 is 0. The standard InChI is InChI=1S/C19H18N2OS3/c1-13-12-21(15-6-2-3-7-16(15)24-13)18-9-8-17(25-18)19(22)20-11-14-5-4-10-23-14/h2-10,13H,11-12H2,1H3,(H,20,22). The first-order chi connectivity index (χ1) is 12.2. The van der Waals surface area contributed by atoms with E-state index in [9.17, 15) is 4.79 Å². The summed E-state index contributed by atoms with van der Waals surface area (Å²) in [6.45, 7) is 3.79. The minimum absolute atomic E-state index is 0.00244.